The fourth-order valence-electron chi connectivity index (χ4n) is 3.43. The highest BCUT2D eigenvalue weighted by Gasteiger charge is 2.19. The SMILES string of the molecule is COc1cc(OC)cc(-c2cc3cnc([S+](C)[O-])nc3c3c2cnn3C(C)C)c1. The first-order valence-electron chi connectivity index (χ1n) is 9.16. The van der Waals surface area contributed by atoms with E-state index in [1.807, 2.05) is 35.1 Å². The highest BCUT2D eigenvalue weighted by molar-refractivity contribution is 7.90. The van der Waals surface area contributed by atoms with E-state index in [9.17, 15) is 4.55 Å². The van der Waals surface area contributed by atoms with E-state index < -0.39 is 11.2 Å². The van der Waals surface area contributed by atoms with Crippen LogP contribution in [0.4, 0.5) is 0 Å². The number of rotatable bonds is 5. The lowest BCUT2D eigenvalue weighted by molar-refractivity contribution is 0.394. The van der Waals surface area contributed by atoms with E-state index >= 15 is 0 Å². The maximum Gasteiger partial charge on any atom is 0.343 e. The predicted octanol–water partition coefficient (Wildman–Crippen LogP) is 3.98. The number of hydrogen-bond donors (Lipinski definition) is 0. The molecule has 0 saturated heterocycles. The molecule has 29 heavy (non-hydrogen) atoms. The first kappa shape index (κ1) is 19.5. The summed E-state index contributed by atoms with van der Waals surface area (Å²) >= 11 is -1.27. The van der Waals surface area contributed by atoms with Gasteiger partial charge in [0.15, 0.2) is 0 Å². The normalized spacial score (nSPS) is 12.7. The van der Waals surface area contributed by atoms with Crippen LogP contribution >= 0.6 is 0 Å². The van der Waals surface area contributed by atoms with Crippen molar-refractivity contribution in [2.45, 2.75) is 25.0 Å². The van der Waals surface area contributed by atoms with Gasteiger partial charge < -0.3 is 14.0 Å². The van der Waals surface area contributed by atoms with Gasteiger partial charge >= 0.3 is 5.16 Å². The smallest absolute Gasteiger partial charge is 0.343 e. The van der Waals surface area contributed by atoms with Crippen LogP contribution in [0.15, 0.2) is 41.8 Å². The topological polar surface area (TPSA) is 85.1 Å². The average molecular weight is 410 g/mol. The first-order chi connectivity index (χ1) is 13.9. The Morgan fingerprint density at radius 2 is 1.72 bits per heavy atom. The van der Waals surface area contributed by atoms with Gasteiger partial charge in [-0.2, -0.15) is 15.1 Å². The Kier molecular flexibility index (Phi) is 5.06. The highest BCUT2D eigenvalue weighted by atomic mass is 32.2. The van der Waals surface area contributed by atoms with Crippen molar-refractivity contribution >= 4 is 33.0 Å². The molecule has 0 aliphatic heterocycles. The summed E-state index contributed by atoms with van der Waals surface area (Å²) in [7, 11) is 3.26. The molecular weight excluding hydrogens is 388 g/mol. The van der Waals surface area contributed by atoms with Crippen molar-refractivity contribution in [3.8, 4) is 22.6 Å². The molecule has 150 valence electrons. The van der Waals surface area contributed by atoms with E-state index in [0.29, 0.717) is 16.7 Å². The molecule has 4 aromatic rings. The van der Waals surface area contributed by atoms with E-state index in [2.05, 4.69) is 28.9 Å². The molecule has 7 nitrogen and oxygen atoms in total. The fraction of sp³-hybridized carbons (Fsp3) is 0.286. The average Bonchev–Trinajstić information content (AvgIpc) is 3.18. The lowest BCUT2D eigenvalue weighted by Gasteiger charge is -2.13. The molecule has 0 radical (unpaired) electrons. The van der Waals surface area contributed by atoms with Crippen LogP contribution in [0.2, 0.25) is 0 Å². The molecule has 2 aromatic carbocycles. The zero-order valence-electron chi connectivity index (χ0n) is 17.0. The molecule has 4 rings (SSSR count). The molecule has 0 aliphatic rings. The molecule has 0 spiro atoms. The van der Waals surface area contributed by atoms with Crippen molar-refractivity contribution in [3.63, 3.8) is 0 Å². The molecule has 0 amide bonds. The summed E-state index contributed by atoms with van der Waals surface area (Å²) in [6, 6.07) is 7.93. The van der Waals surface area contributed by atoms with Crippen molar-refractivity contribution in [2.24, 2.45) is 0 Å². The molecule has 8 heteroatoms. The Morgan fingerprint density at radius 3 is 2.31 bits per heavy atom. The predicted molar refractivity (Wildman–Crippen MR) is 114 cm³/mol. The Morgan fingerprint density at radius 1 is 1.03 bits per heavy atom. The number of fused-ring (bicyclic) bond motifs is 3. The molecule has 0 N–H and O–H groups in total. The van der Waals surface area contributed by atoms with Crippen molar-refractivity contribution in [3.05, 3.63) is 36.7 Å². The monoisotopic (exact) mass is 410 g/mol. The molecule has 0 saturated carbocycles. The van der Waals surface area contributed by atoms with Gasteiger partial charge in [-0.3, -0.25) is 4.68 Å². The fourth-order valence-corrected chi connectivity index (χ4v) is 3.85. The summed E-state index contributed by atoms with van der Waals surface area (Å²) in [6.45, 7) is 4.14. The summed E-state index contributed by atoms with van der Waals surface area (Å²) in [5.74, 6) is 1.41. The van der Waals surface area contributed by atoms with Crippen molar-refractivity contribution in [1.29, 1.82) is 0 Å². The molecule has 0 fully saturated rings. The first-order valence-corrected chi connectivity index (χ1v) is 10.7. The maximum absolute atomic E-state index is 11.9. The molecular formula is C21H22N4O3S. The van der Waals surface area contributed by atoms with Crippen LogP contribution in [0.3, 0.4) is 0 Å². The van der Waals surface area contributed by atoms with E-state index in [1.54, 1.807) is 26.7 Å². The number of methoxy groups -OCH3 is 2. The minimum absolute atomic E-state index is 0.135. The van der Waals surface area contributed by atoms with Gasteiger partial charge in [0.1, 0.15) is 23.3 Å². The Bertz CT molecular complexity index is 1180. The highest BCUT2D eigenvalue weighted by Crippen LogP contribution is 2.38. The Hall–Kier alpha value is -2.84. The van der Waals surface area contributed by atoms with Gasteiger partial charge in [0.25, 0.3) is 0 Å². The lowest BCUT2D eigenvalue weighted by Crippen LogP contribution is -2.06. The zero-order chi connectivity index (χ0) is 20.7. The minimum atomic E-state index is -1.27. The molecule has 1 unspecified atom stereocenters. The summed E-state index contributed by atoms with van der Waals surface area (Å²) in [4.78, 5) is 8.88. The minimum Gasteiger partial charge on any atom is -0.609 e. The van der Waals surface area contributed by atoms with E-state index in [0.717, 1.165) is 32.9 Å². The van der Waals surface area contributed by atoms with Crippen LogP contribution in [0, 0.1) is 0 Å². The number of nitrogens with zero attached hydrogens (tertiary/aromatic N) is 4. The summed E-state index contributed by atoms with van der Waals surface area (Å²) < 4.78 is 24.8. The van der Waals surface area contributed by atoms with E-state index in [-0.39, 0.29) is 6.04 Å². The second-order valence-electron chi connectivity index (χ2n) is 7.02. The van der Waals surface area contributed by atoms with Gasteiger partial charge in [-0.05, 0) is 43.2 Å². The van der Waals surface area contributed by atoms with Crippen LogP contribution in [-0.4, -0.2) is 44.8 Å². The van der Waals surface area contributed by atoms with Gasteiger partial charge in [0, 0.05) is 40.3 Å². The summed E-state index contributed by atoms with van der Waals surface area (Å²) in [6.07, 6.45) is 5.15. The van der Waals surface area contributed by atoms with Crippen LogP contribution < -0.4 is 9.47 Å². The lowest BCUT2D eigenvalue weighted by atomic mass is 9.99. The van der Waals surface area contributed by atoms with Crippen LogP contribution in [-0.2, 0) is 11.2 Å². The number of ether oxygens (including phenoxy) is 2. The maximum atomic E-state index is 11.9. The second-order valence-corrected chi connectivity index (χ2v) is 8.29. The largest absolute Gasteiger partial charge is 0.609 e. The number of benzene rings is 2. The van der Waals surface area contributed by atoms with Crippen molar-refractivity contribution < 1.29 is 14.0 Å². The van der Waals surface area contributed by atoms with Crippen LogP contribution in [0.1, 0.15) is 19.9 Å². The van der Waals surface area contributed by atoms with Gasteiger partial charge in [-0.1, -0.05) is 0 Å². The molecule has 0 bridgehead atoms. The number of hydrogen-bond acceptors (Lipinski definition) is 6. The van der Waals surface area contributed by atoms with Gasteiger partial charge in [-0.15, -0.1) is 0 Å². The third-order valence-corrected chi connectivity index (χ3v) is 5.52. The molecule has 2 aromatic heterocycles. The summed E-state index contributed by atoms with van der Waals surface area (Å²) in [5.41, 5.74) is 3.55. The van der Waals surface area contributed by atoms with E-state index in [4.69, 9.17) is 9.47 Å². The summed E-state index contributed by atoms with van der Waals surface area (Å²) in [5, 5.41) is 6.72. The quantitative estimate of drug-likeness (QED) is 0.365. The van der Waals surface area contributed by atoms with Gasteiger partial charge in [-0.25, -0.2) is 0 Å². The van der Waals surface area contributed by atoms with Crippen LogP contribution in [0.5, 0.6) is 11.5 Å². The van der Waals surface area contributed by atoms with E-state index in [1.165, 1.54) is 0 Å². The standard InChI is InChI=1S/C21H22N4O3S/c1-12(2)25-20-18(11-23-25)17(13-6-15(27-3)9-16(7-13)28-4)8-14-10-22-21(29(5)26)24-19(14)20/h6-12H,1-5H3. The number of aromatic nitrogens is 4. The zero-order valence-corrected chi connectivity index (χ0v) is 17.8. The third-order valence-electron chi connectivity index (χ3n) is 4.81. The molecule has 1 atom stereocenters. The third kappa shape index (κ3) is 3.38. The van der Waals surface area contributed by atoms with Crippen LogP contribution in [0.25, 0.3) is 32.9 Å². The van der Waals surface area contributed by atoms with Gasteiger partial charge in [0.2, 0.25) is 0 Å². The van der Waals surface area contributed by atoms with Crippen molar-refractivity contribution in [1.82, 2.24) is 19.7 Å². The van der Waals surface area contributed by atoms with Crippen molar-refractivity contribution in [2.75, 3.05) is 20.5 Å². The Balaban J connectivity index is 2.09. The molecule has 2 heterocycles. The Labute approximate surface area is 171 Å². The van der Waals surface area contributed by atoms with Gasteiger partial charge in [0.05, 0.1) is 25.9 Å². The second kappa shape index (κ2) is 7.53. The molecule has 0 aliphatic carbocycles.